The molecule has 1 aromatic heterocycles. The van der Waals surface area contributed by atoms with E-state index in [4.69, 9.17) is 4.52 Å². The number of rotatable bonds is 4. The fourth-order valence-corrected chi connectivity index (χ4v) is 2.49. The number of aromatic nitrogens is 2. The second kappa shape index (κ2) is 5.55. The normalized spacial score (nSPS) is 16.3. The van der Waals surface area contributed by atoms with E-state index in [0.717, 1.165) is 24.3 Å². The van der Waals surface area contributed by atoms with Crippen LogP contribution in [0.15, 0.2) is 28.8 Å². The lowest BCUT2D eigenvalue weighted by Crippen LogP contribution is -2.23. The van der Waals surface area contributed by atoms with Crippen molar-refractivity contribution in [1.29, 1.82) is 0 Å². The average Bonchev–Trinajstić information content (AvgIpc) is 3.08. The smallest absolute Gasteiger partial charge is 0.248 e. The number of anilines is 2. The SMILES string of the molecule is Cc1noc([C@@H](C)Nc2cccc(N3CCCC3=O)c2)n1. The Kier molecular flexibility index (Phi) is 3.60. The van der Waals surface area contributed by atoms with E-state index < -0.39 is 0 Å². The monoisotopic (exact) mass is 286 g/mol. The lowest BCUT2D eigenvalue weighted by Gasteiger charge is -2.18. The van der Waals surface area contributed by atoms with E-state index in [2.05, 4.69) is 15.5 Å². The highest BCUT2D eigenvalue weighted by Gasteiger charge is 2.22. The summed E-state index contributed by atoms with van der Waals surface area (Å²) in [5, 5.41) is 7.11. The van der Waals surface area contributed by atoms with Gasteiger partial charge >= 0.3 is 0 Å². The van der Waals surface area contributed by atoms with Crippen LogP contribution in [0.3, 0.4) is 0 Å². The molecular formula is C15H18N4O2. The number of hydrogen-bond donors (Lipinski definition) is 1. The summed E-state index contributed by atoms with van der Waals surface area (Å²) < 4.78 is 5.16. The number of aryl methyl sites for hydroxylation is 1. The van der Waals surface area contributed by atoms with Gasteiger partial charge in [-0.15, -0.1) is 0 Å². The number of benzene rings is 1. The second-order valence-corrected chi connectivity index (χ2v) is 5.25. The predicted octanol–water partition coefficient (Wildman–Crippen LogP) is 2.68. The molecule has 1 atom stereocenters. The maximum Gasteiger partial charge on any atom is 0.248 e. The maximum absolute atomic E-state index is 11.8. The average molecular weight is 286 g/mol. The topological polar surface area (TPSA) is 71.3 Å². The lowest BCUT2D eigenvalue weighted by atomic mass is 10.2. The second-order valence-electron chi connectivity index (χ2n) is 5.25. The van der Waals surface area contributed by atoms with Crippen molar-refractivity contribution < 1.29 is 9.32 Å². The van der Waals surface area contributed by atoms with Crippen LogP contribution in [-0.2, 0) is 4.79 Å². The number of hydrogen-bond acceptors (Lipinski definition) is 5. The molecule has 1 aliphatic heterocycles. The Hall–Kier alpha value is -2.37. The number of amides is 1. The zero-order chi connectivity index (χ0) is 14.8. The molecule has 110 valence electrons. The third-order valence-electron chi connectivity index (χ3n) is 3.53. The molecule has 6 nitrogen and oxygen atoms in total. The first-order chi connectivity index (χ1) is 10.1. The number of nitrogens with one attached hydrogen (secondary N) is 1. The molecule has 2 aromatic rings. The summed E-state index contributed by atoms with van der Waals surface area (Å²) in [6.45, 7) is 4.54. The molecule has 1 aromatic carbocycles. The van der Waals surface area contributed by atoms with Crippen LogP contribution in [-0.4, -0.2) is 22.6 Å². The summed E-state index contributed by atoms with van der Waals surface area (Å²) in [4.78, 5) is 17.8. The minimum atomic E-state index is -0.0873. The molecule has 1 fully saturated rings. The minimum Gasteiger partial charge on any atom is -0.374 e. The van der Waals surface area contributed by atoms with Gasteiger partial charge in [-0.25, -0.2) is 0 Å². The number of nitrogens with zero attached hydrogens (tertiary/aromatic N) is 3. The van der Waals surface area contributed by atoms with E-state index in [1.54, 1.807) is 6.92 Å². The van der Waals surface area contributed by atoms with Gasteiger partial charge in [-0.05, 0) is 38.5 Å². The van der Waals surface area contributed by atoms with Gasteiger partial charge in [0, 0.05) is 24.3 Å². The van der Waals surface area contributed by atoms with E-state index in [1.807, 2.05) is 36.1 Å². The quantitative estimate of drug-likeness (QED) is 0.935. The van der Waals surface area contributed by atoms with Crippen molar-refractivity contribution in [3.8, 4) is 0 Å². The molecule has 1 aliphatic rings. The van der Waals surface area contributed by atoms with Crippen molar-refractivity contribution in [3.05, 3.63) is 36.0 Å². The maximum atomic E-state index is 11.8. The summed E-state index contributed by atoms with van der Waals surface area (Å²) >= 11 is 0. The van der Waals surface area contributed by atoms with Gasteiger partial charge in [0.2, 0.25) is 11.8 Å². The van der Waals surface area contributed by atoms with Crippen molar-refractivity contribution in [1.82, 2.24) is 10.1 Å². The van der Waals surface area contributed by atoms with Gasteiger partial charge in [-0.1, -0.05) is 11.2 Å². The van der Waals surface area contributed by atoms with Crippen molar-refractivity contribution >= 4 is 17.3 Å². The van der Waals surface area contributed by atoms with Crippen molar-refractivity contribution in [2.75, 3.05) is 16.8 Å². The summed E-state index contributed by atoms with van der Waals surface area (Å²) in [6, 6.07) is 7.74. The Bertz CT molecular complexity index is 653. The van der Waals surface area contributed by atoms with Crippen LogP contribution in [0.25, 0.3) is 0 Å². The van der Waals surface area contributed by atoms with Crippen LogP contribution in [0.2, 0.25) is 0 Å². The van der Waals surface area contributed by atoms with Gasteiger partial charge in [0.15, 0.2) is 5.82 Å². The first kappa shape index (κ1) is 13.6. The summed E-state index contributed by atoms with van der Waals surface area (Å²) in [5.41, 5.74) is 1.85. The van der Waals surface area contributed by atoms with Crippen LogP contribution >= 0.6 is 0 Å². The Morgan fingerprint density at radius 1 is 1.43 bits per heavy atom. The Balaban J connectivity index is 1.75. The molecule has 1 amide bonds. The Morgan fingerprint density at radius 3 is 2.95 bits per heavy atom. The van der Waals surface area contributed by atoms with E-state index in [1.165, 1.54) is 0 Å². The zero-order valence-electron chi connectivity index (χ0n) is 12.2. The van der Waals surface area contributed by atoms with Crippen LogP contribution < -0.4 is 10.2 Å². The van der Waals surface area contributed by atoms with Crippen LogP contribution in [0.1, 0.15) is 37.5 Å². The van der Waals surface area contributed by atoms with Crippen molar-refractivity contribution in [2.24, 2.45) is 0 Å². The molecule has 1 N–H and O–H groups in total. The minimum absolute atomic E-state index is 0.0873. The summed E-state index contributed by atoms with van der Waals surface area (Å²) in [6.07, 6.45) is 1.56. The largest absolute Gasteiger partial charge is 0.374 e. The lowest BCUT2D eigenvalue weighted by molar-refractivity contribution is -0.117. The Morgan fingerprint density at radius 2 is 2.29 bits per heavy atom. The molecule has 3 rings (SSSR count). The molecule has 0 unspecified atom stereocenters. The fourth-order valence-electron chi connectivity index (χ4n) is 2.49. The summed E-state index contributed by atoms with van der Waals surface area (Å²) in [7, 11) is 0. The third-order valence-corrected chi connectivity index (χ3v) is 3.53. The van der Waals surface area contributed by atoms with Crippen molar-refractivity contribution in [2.45, 2.75) is 32.7 Å². The highest BCUT2D eigenvalue weighted by molar-refractivity contribution is 5.95. The van der Waals surface area contributed by atoms with Gasteiger partial charge in [0.1, 0.15) is 6.04 Å². The van der Waals surface area contributed by atoms with Crippen LogP contribution in [0.5, 0.6) is 0 Å². The van der Waals surface area contributed by atoms with Gasteiger partial charge in [-0.3, -0.25) is 4.79 Å². The zero-order valence-corrected chi connectivity index (χ0v) is 12.2. The summed E-state index contributed by atoms with van der Waals surface area (Å²) in [5.74, 6) is 1.36. The van der Waals surface area contributed by atoms with Crippen LogP contribution in [0, 0.1) is 6.92 Å². The number of carbonyl (C=O) groups excluding carboxylic acids is 1. The Labute approximate surface area is 123 Å². The van der Waals surface area contributed by atoms with Gasteiger partial charge in [0.05, 0.1) is 0 Å². The molecule has 0 spiro atoms. The van der Waals surface area contributed by atoms with Gasteiger partial charge < -0.3 is 14.7 Å². The highest BCUT2D eigenvalue weighted by atomic mass is 16.5. The van der Waals surface area contributed by atoms with Gasteiger partial charge in [-0.2, -0.15) is 4.98 Å². The highest BCUT2D eigenvalue weighted by Crippen LogP contribution is 2.26. The molecule has 0 bridgehead atoms. The standard InChI is InChI=1S/C15H18N4O2/c1-10(15-17-11(2)18-21-15)16-12-5-3-6-13(9-12)19-8-4-7-14(19)20/h3,5-6,9-10,16H,4,7-8H2,1-2H3/t10-/m1/s1. The molecule has 2 heterocycles. The van der Waals surface area contributed by atoms with Crippen LogP contribution in [0.4, 0.5) is 11.4 Å². The molecule has 0 aliphatic carbocycles. The number of carbonyl (C=O) groups is 1. The fraction of sp³-hybridized carbons (Fsp3) is 0.400. The molecule has 21 heavy (non-hydrogen) atoms. The third kappa shape index (κ3) is 2.89. The van der Waals surface area contributed by atoms with E-state index >= 15 is 0 Å². The first-order valence-electron chi connectivity index (χ1n) is 7.10. The molecule has 0 radical (unpaired) electrons. The van der Waals surface area contributed by atoms with Crippen molar-refractivity contribution in [3.63, 3.8) is 0 Å². The van der Waals surface area contributed by atoms with E-state index in [9.17, 15) is 4.79 Å². The van der Waals surface area contributed by atoms with E-state index in [0.29, 0.717) is 18.1 Å². The molecule has 1 saturated heterocycles. The van der Waals surface area contributed by atoms with E-state index in [-0.39, 0.29) is 11.9 Å². The molecule has 0 saturated carbocycles. The van der Waals surface area contributed by atoms with Gasteiger partial charge in [0.25, 0.3) is 0 Å². The molecule has 6 heteroatoms. The predicted molar refractivity (Wildman–Crippen MR) is 79.1 cm³/mol. The first-order valence-corrected chi connectivity index (χ1v) is 7.10. The molecular weight excluding hydrogens is 268 g/mol.